The van der Waals surface area contributed by atoms with E-state index in [0.717, 1.165) is 141 Å². The Kier molecular flexibility index (Phi) is 66.7. The molecule has 0 aliphatic carbocycles. The lowest BCUT2D eigenvalue weighted by Gasteiger charge is -2.18. The number of allylic oxidation sites excluding steroid dienone is 10. The number of nitrogens with zero attached hydrogens (tertiary/aromatic N) is 1. The third-order valence-electron chi connectivity index (χ3n) is 16.7. The van der Waals surface area contributed by atoms with Crippen molar-refractivity contribution in [2.24, 2.45) is 0 Å². The summed E-state index contributed by atoms with van der Waals surface area (Å²) >= 11 is 0. The van der Waals surface area contributed by atoms with Crippen molar-refractivity contribution >= 4 is 17.9 Å². The van der Waals surface area contributed by atoms with E-state index in [4.69, 9.17) is 14.2 Å². The van der Waals surface area contributed by atoms with Crippen molar-refractivity contribution in [2.75, 3.05) is 20.6 Å². The van der Waals surface area contributed by atoms with Crippen LogP contribution < -0.4 is 0 Å². The monoisotopic (exact) mass is 1200 g/mol. The van der Waals surface area contributed by atoms with Gasteiger partial charge in [0.1, 0.15) is 18.3 Å². The third-order valence-corrected chi connectivity index (χ3v) is 16.7. The Balaban J connectivity index is 4.51. The molecule has 0 amide bonds. The van der Waals surface area contributed by atoms with Crippen LogP contribution in [0.25, 0.3) is 0 Å². The standard InChI is InChI=1S/C79H143NO6/c1-7-11-15-19-21-23-25-27-29-31-33-41-47-53-61-70-77(81)84-74(64-55-17-13-9-3)66-57-49-43-37-35-39-45-51-59-68-76(86-79(83)72-63-73-80(5)6)69-60-52-46-40-36-38-44-50-58-67-75(65-56-18-14-10-4)85-78(82)71-62-54-48-42-34-32-30-28-26-24-22-20-16-12-8-2/h21-24,27-30,49-50,57-58,74-76H,7-20,25-26,31-48,51-56,59-73H2,1-6H3/b23-21-,24-22-,29-27-,30-28-,57-49-,58-50-/t74-,75?,76?/m1/s1. The van der Waals surface area contributed by atoms with Gasteiger partial charge in [0, 0.05) is 32.1 Å². The molecule has 3 atom stereocenters. The van der Waals surface area contributed by atoms with E-state index < -0.39 is 0 Å². The van der Waals surface area contributed by atoms with Crippen LogP contribution in [0.15, 0.2) is 72.9 Å². The zero-order chi connectivity index (χ0) is 62.5. The summed E-state index contributed by atoms with van der Waals surface area (Å²) in [6.07, 6.45) is 88.1. The molecule has 86 heavy (non-hydrogen) atoms. The summed E-state index contributed by atoms with van der Waals surface area (Å²) in [5.74, 6) is -0.0478. The SMILES string of the molecule is CCCCC/C=C\C/C=C\CCCCCCCC(=O)OC(C/C=C\CCCCCCCCC(CCCCCCCC/C=C\C[C@@H](CCCCCC)OC(=O)CCCCCCC/C=C\C/C=C\CCCCC)OC(=O)CCCN(C)C)CCCCCC. The second-order valence-corrected chi connectivity index (χ2v) is 25.7. The van der Waals surface area contributed by atoms with Crippen LogP contribution in [0.5, 0.6) is 0 Å². The maximum absolute atomic E-state index is 12.9. The van der Waals surface area contributed by atoms with Gasteiger partial charge in [0.15, 0.2) is 0 Å². The summed E-state index contributed by atoms with van der Waals surface area (Å²) in [5.41, 5.74) is 0. The molecule has 0 spiro atoms. The lowest BCUT2D eigenvalue weighted by molar-refractivity contribution is -0.150. The number of carbonyl (C=O) groups is 3. The molecule has 0 bridgehead atoms. The van der Waals surface area contributed by atoms with Gasteiger partial charge in [-0.1, -0.05) is 255 Å². The zero-order valence-electron chi connectivity index (χ0n) is 57.9. The number of ether oxygens (including phenoxy) is 3. The van der Waals surface area contributed by atoms with Crippen LogP contribution in [0.4, 0.5) is 0 Å². The van der Waals surface area contributed by atoms with Crippen LogP contribution >= 0.6 is 0 Å². The van der Waals surface area contributed by atoms with Crippen molar-refractivity contribution in [2.45, 2.75) is 393 Å². The van der Waals surface area contributed by atoms with Gasteiger partial charge in [0.05, 0.1) is 0 Å². The molecule has 0 fully saturated rings. The molecule has 0 saturated heterocycles. The molecular formula is C79H143NO6. The molecule has 0 aliphatic heterocycles. The zero-order valence-corrected chi connectivity index (χ0v) is 57.9. The second-order valence-electron chi connectivity index (χ2n) is 25.7. The lowest BCUT2D eigenvalue weighted by Crippen LogP contribution is -2.20. The predicted octanol–water partition coefficient (Wildman–Crippen LogP) is 24.8. The summed E-state index contributed by atoms with van der Waals surface area (Å²) in [4.78, 5) is 40.7. The molecule has 7 nitrogen and oxygen atoms in total. The van der Waals surface area contributed by atoms with Crippen LogP contribution in [0.1, 0.15) is 374 Å². The Hall–Kier alpha value is -3.19. The van der Waals surface area contributed by atoms with E-state index in [9.17, 15) is 14.4 Å². The molecule has 0 N–H and O–H groups in total. The van der Waals surface area contributed by atoms with Gasteiger partial charge in [-0.25, -0.2) is 0 Å². The van der Waals surface area contributed by atoms with Crippen LogP contribution in [0.3, 0.4) is 0 Å². The van der Waals surface area contributed by atoms with E-state index in [1.165, 1.54) is 193 Å². The molecule has 0 heterocycles. The van der Waals surface area contributed by atoms with E-state index in [1.54, 1.807) is 0 Å². The van der Waals surface area contributed by atoms with Crippen molar-refractivity contribution in [3.63, 3.8) is 0 Å². The quantitative estimate of drug-likeness (QED) is 0.0260. The smallest absolute Gasteiger partial charge is 0.306 e. The molecule has 0 aromatic rings. The number of hydrogen-bond acceptors (Lipinski definition) is 7. The summed E-state index contributed by atoms with van der Waals surface area (Å²) in [5, 5.41) is 0. The fourth-order valence-corrected chi connectivity index (χ4v) is 11.2. The highest BCUT2D eigenvalue weighted by atomic mass is 16.6. The summed E-state index contributed by atoms with van der Waals surface area (Å²) in [7, 11) is 4.11. The number of carbonyl (C=O) groups excluding carboxylic acids is 3. The van der Waals surface area contributed by atoms with Gasteiger partial charge in [-0.15, -0.1) is 0 Å². The maximum atomic E-state index is 12.9. The van der Waals surface area contributed by atoms with Gasteiger partial charge in [0.25, 0.3) is 0 Å². The van der Waals surface area contributed by atoms with Gasteiger partial charge in [0.2, 0.25) is 0 Å². The van der Waals surface area contributed by atoms with Crippen LogP contribution in [-0.4, -0.2) is 61.8 Å². The average molecular weight is 1200 g/mol. The fraction of sp³-hybridized carbons (Fsp3) is 0.810. The first kappa shape index (κ1) is 82.8. The lowest BCUT2D eigenvalue weighted by atomic mass is 10.0. The largest absolute Gasteiger partial charge is 0.462 e. The van der Waals surface area contributed by atoms with Crippen molar-refractivity contribution in [1.82, 2.24) is 4.90 Å². The first-order valence-corrected chi connectivity index (χ1v) is 37.4. The van der Waals surface area contributed by atoms with Crippen molar-refractivity contribution in [3.05, 3.63) is 72.9 Å². The molecule has 0 rings (SSSR count). The topological polar surface area (TPSA) is 82.1 Å². The minimum Gasteiger partial charge on any atom is -0.462 e. The Bertz CT molecular complexity index is 1520. The number of rotatable bonds is 67. The molecular weight excluding hydrogens is 1060 g/mol. The van der Waals surface area contributed by atoms with Gasteiger partial charge in [-0.2, -0.15) is 0 Å². The minimum atomic E-state index is -0.0280. The summed E-state index contributed by atoms with van der Waals surface area (Å²) < 4.78 is 18.2. The highest BCUT2D eigenvalue weighted by molar-refractivity contribution is 5.70. The molecule has 7 heteroatoms. The summed E-state index contributed by atoms with van der Waals surface area (Å²) in [6.45, 7) is 9.91. The molecule has 2 unspecified atom stereocenters. The Morgan fingerprint density at radius 3 is 0.860 bits per heavy atom. The Morgan fingerprint density at radius 2 is 0.523 bits per heavy atom. The number of unbranched alkanes of at least 4 members (excludes halogenated alkanes) is 34. The number of hydrogen-bond donors (Lipinski definition) is 0. The molecule has 0 aromatic carbocycles. The Morgan fingerprint density at radius 1 is 0.279 bits per heavy atom. The molecule has 0 aliphatic rings. The highest BCUT2D eigenvalue weighted by Gasteiger charge is 2.16. The maximum Gasteiger partial charge on any atom is 0.306 e. The van der Waals surface area contributed by atoms with Crippen molar-refractivity contribution in [3.8, 4) is 0 Å². The van der Waals surface area contributed by atoms with Crippen LogP contribution in [0, 0.1) is 0 Å². The van der Waals surface area contributed by atoms with E-state index in [0.29, 0.717) is 19.3 Å². The van der Waals surface area contributed by atoms with E-state index in [2.05, 4.69) is 120 Å². The summed E-state index contributed by atoms with van der Waals surface area (Å²) in [6, 6.07) is 0. The fourth-order valence-electron chi connectivity index (χ4n) is 11.2. The predicted molar refractivity (Wildman–Crippen MR) is 375 cm³/mol. The average Bonchev–Trinajstić information content (AvgIpc) is 3.51. The van der Waals surface area contributed by atoms with Gasteiger partial charge < -0.3 is 19.1 Å². The first-order valence-electron chi connectivity index (χ1n) is 37.4. The van der Waals surface area contributed by atoms with Crippen LogP contribution in [0.2, 0.25) is 0 Å². The number of esters is 3. The van der Waals surface area contributed by atoms with Crippen molar-refractivity contribution < 1.29 is 28.6 Å². The van der Waals surface area contributed by atoms with E-state index in [-0.39, 0.29) is 36.2 Å². The van der Waals surface area contributed by atoms with Gasteiger partial charge in [-0.05, 0) is 181 Å². The van der Waals surface area contributed by atoms with E-state index in [1.807, 2.05) is 0 Å². The normalized spacial score (nSPS) is 13.3. The minimum absolute atomic E-state index is 0.00538. The second kappa shape index (κ2) is 69.3. The van der Waals surface area contributed by atoms with Crippen LogP contribution in [-0.2, 0) is 28.6 Å². The molecule has 0 radical (unpaired) electrons. The van der Waals surface area contributed by atoms with Gasteiger partial charge >= 0.3 is 17.9 Å². The molecule has 0 saturated carbocycles. The highest BCUT2D eigenvalue weighted by Crippen LogP contribution is 2.21. The first-order chi connectivity index (χ1) is 42.2. The van der Waals surface area contributed by atoms with Crippen molar-refractivity contribution in [1.29, 1.82) is 0 Å². The Labute approximate surface area is 535 Å². The third kappa shape index (κ3) is 65.3. The molecule has 500 valence electrons. The molecule has 0 aromatic heterocycles. The van der Waals surface area contributed by atoms with Gasteiger partial charge in [-0.3, -0.25) is 14.4 Å². The van der Waals surface area contributed by atoms with E-state index >= 15 is 0 Å².